The summed E-state index contributed by atoms with van der Waals surface area (Å²) in [6.07, 6.45) is 0.788. The van der Waals surface area contributed by atoms with Crippen molar-refractivity contribution in [2.75, 3.05) is 6.61 Å². The molecule has 1 aliphatic carbocycles. The van der Waals surface area contributed by atoms with Gasteiger partial charge in [0.05, 0.1) is 29.1 Å². The van der Waals surface area contributed by atoms with E-state index in [1.54, 1.807) is 6.07 Å². The van der Waals surface area contributed by atoms with Crippen LogP contribution >= 0.6 is 0 Å². The number of fused-ring (bicyclic) bond motifs is 4. The lowest BCUT2D eigenvalue weighted by molar-refractivity contribution is 0.0461. The molecule has 4 nitrogen and oxygen atoms in total. The number of para-hydroxylation sites is 1. The maximum atomic E-state index is 12.4. The van der Waals surface area contributed by atoms with Gasteiger partial charge in [0, 0.05) is 12.0 Å². The summed E-state index contributed by atoms with van der Waals surface area (Å²) in [6.45, 7) is 4.43. The molecule has 4 heteroatoms. The number of ether oxygens (including phenoxy) is 1. The summed E-state index contributed by atoms with van der Waals surface area (Å²) in [7, 11) is 0. The SMILES string of the molecule is CC(C)COC(=O)c1cccc2nc3c(nc12)-c1ccccc1C3. The average molecular weight is 318 g/mol. The summed E-state index contributed by atoms with van der Waals surface area (Å²) in [6, 6.07) is 13.7. The molecule has 0 N–H and O–H groups in total. The molecule has 0 spiro atoms. The Morgan fingerprint density at radius 1 is 1.12 bits per heavy atom. The summed E-state index contributed by atoms with van der Waals surface area (Å²) in [4.78, 5) is 21.9. The molecule has 0 fully saturated rings. The van der Waals surface area contributed by atoms with Crippen LogP contribution in [0, 0.1) is 5.92 Å². The zero-order valence-corrected chi connectivity index (χ0v) is 13.7. The number of aromatic nitrogens is 2. The summed E-state index contributed by atoms with van der Waals surface area (Å²) in [5.41, 5.74) is 6.01. The average Bonchev–Trinajstić information content (AvgIpc) is 2.94. The number of benzene rings is 2. The third-order valence-corrected chi connectivity index (χ3v) is 4.17. The predicted molar refractivity (Wildman–Crippen MR) is 92.9 cm³/mol. The van der Waals surface area contributed by atoms with E-state index in [2.05, 4.69) is 12.1 Å². The molecule has 24 heavy (non-hydrogen) atoms. The fourth-order valence-electron chi connectivity index (χ4n) is 3.02. The molecule has 2 aromatic carbocycles. The Bertz CT molecular complexity index is 948. The number of rotatable bonds is 3. The van der Waals surface area contributed by atoms with Crippen molar-refractivity contribution in [3.05, 3.63) is 59.3 Å². The van der Waals surface area contributed by atoms with Crippen molar-refractivity contribution in [2.45, 2.75) is 20.3 Å². The van der Waals surface area contributed by atoms with Gasteiger partial charge in [0.2, 0.25) is 0 Å². The van der Waals surface area contributed by atoms with Crippen LogP contribution in [0.4, 0.5) is 0 Å². The van der Waals surface area contributed by atoms with Gasteiger partial charge in [-0.3, -0.25) is 0 Å². The Hall–Kier alpha value is -2.75. The minimum Gasteiger partial charge on any atom is -0.462 e. The molecule has 0 atom stereocenters. The number of hydrogen-bond acceptors (Lipinski definition) is 4. The van der Waals surface area contributed by atoms with Crippen molar-refractivity contribution in [3.63, 3.8) is 0 Å². The van der Waals surface area contributed by atoms with Crippen LogP contribution in [0.3, 0.4) is 0 Å². The largest absolute Gasteiger partial charge is 0.462 e. The van der Waals surface area contributed by atoms with Crippen LogP contribution in [0.5, 0.6) is 0 Å². The first-order chi connectivity index (χ1) is 11.6. The third kappa shape index (κ3) is 2.44. The van der Waals surface area contributed by atoms with Crippen molar-refractivity contribution in [3.8, 4) is 11.3 Å². The smallest absolute Gasteiger partial charge is 0.340 e. The van der Waals surface area contributed by atoms with Gasteiger partial charge in [-0.2, -0.15) is 0 Å². The van der Waals surface area contributed by atoms with Gasteiger partial charge in [-0.15, -0.1) is 0 Å². The van der Waals surface area contributed by atoms with Gasteiger partial charge in [0.25, 0.3) is 0 Å². The highest BCUT2D eigenvalue weighted by atomic mass is 16.5. The van der Waals surface area contributed by atoms with Gasteiger partial charge in [-0.05, 0) is 23.6 Å². The quantitative estimate of drug-likeness (QED) is 0.536. The molecule has 0 saturated carbocycles. The van der Waals surface area contributed by atoms with E-state index in [1.165, 1.54) is 5.56 Å². The van der Waals surface area contributed by atoms with Gasteiger partial charge in [-0.25, -0.2) is 14.8 Å². The second-order valence-electron chi connectivity index (χ2n) is 6.52. The molecule has 3 aromatic rings. The first kappa shape index (κ1) is 14.8. The van der Waals surface area contributed by atoms with E-state index in [4.69, 9.17) is 14.7 Å². The van der Waals surface area contributed by atoms with Crippen molar-refractivity contribution < 1.29 is 9.53 Å². The molecular weight excluding hydrogens is 300 g/mol. The lowest BCUT2D eigenvalue weighted by Crippen LogP contribution is -2.11. The van der Waals surface area contributed by atoms with Gasteiger partial charge in [0.1, 0.15) is 5.52 Å². The fourth-order valence-corrected chi connectivity index (χ4v) is 3.02. The summed E-state index contributed by atoms with van der Waals surface area (Å²) >= 11 is 0. The first-order valence-electron chi connectivity index (χ1n) is 8.18. The maximum absolute atomic E-state index is 12.4. The lowest BCUT2D eigenvalue weighted by Gasteiger charge is -2.09. The van der Waals surface area contributed by atoms with E-state index in [0.717, 1.165) is 28.9 Å². The molecule has 0 radical (unpaired) electrons. The highest BCUT2D eigenvalue weighted by molar-refractivity contribution is 6.02. The van der Waals surface area contributed by atoms with Crippen molar-refractivity contribution >= 4 is 17.0 Å². The molecular formula is C20H18N2O2. The molecule has 120 valence electrons. The highest BCUT2D eigenvalue weighted by Gasteiger charge is 2.23. The third-order valence-electron chi connectivity index (χ3n) is 4.17. The van der Waals surface area contributed by atoms with Crippen LogP contribution in [0.1, 0.15) is 35.5 Å². The minimum absolute atomic E-state index is 0.297. The van der Waals surface area contributed by atoms with Crippen LogP contribution in [-0.2, 0) is 11.2 Å². The Morgan fingerprint density at radius 3 is 2.79 bits per heavy atom. The van der Waals surface area contributed by atoms with Crippen LogP contribution < -0.4 is 0 Å². The van der Waals surface area contributed by atoms with E-state index >= 15 is 0 Å². The molecule has 4 rings (SSSR count). The summed E-state index contributed by atoms with van der Waals surface area (Å²) in [5.74, 6) is -0.0408. The minimum atomic E-state index is -0.338. The molecule has 0 amide bonds. The Balaban J connectivity index is 1.82. The standard InChI is InChI=1S/C20H18N2O2/c1-12(2)11-24-20(23)15-8-5-9-16-19(15)22-18-14-7-4-3-6-13(14)10-17(18)21-16/h3-9,12H,10-11H2,1-2H3. The second-order valence-corrected chi connectivity index (χ2v) is 6.52. The fraction of sp³-hybridized carbons (Fsp3) is 0.250. The number of esters is 1. The van der Waals surface area contributed by atoms with E-state index in [9.17, 15) is 4.79 Å². The molecule has 1 aromatic heterocycles. The topological polar surface area (TPSA) is 52.1 Å². The highest BCUT2D eigenvalue weighted by Crippen LogP contribution is 2.35. The predicted octanol–water partition coefficient (Wildman–Crippen LogP) is 4.01. The molecule has 1 heterocycles. The first-order valence-corrected chi connectivity index (χ1v) is 8.18. The number of hydrogen-bond donors (Lipinski definition) is 0. The normalized spacial score (nSPS) is 12.3. The van der Waals surface area contributed by atoms with Crippen LogP contribution in [0.15, 0.2) is 42.5 Å². The molecule has 0 bridgehead atoms. The zero-order chi connectivity index (χ0) is 16.7. The summed E-state index contributed by atoms with van der Waals surface area (Å²) < 4.78 is 5.38. The Kier molecular flexibility index (Phi) is 3.53. The maximum Gasteiger partial charge on any atom is 0.340 e. The summed E-state index contributed by atoms with van der Waals surface area (Å²) in [5, 5.41) is 0. The second kappa shape index (κ2) is 5.71. The van der Waals surface area contributed by atoms with Gasteiger partial charge < -0.3 is 4.74 Å². The monoisotopic (exact) mass is 318 g/mol. The van der Waals surface area contributed by atoms with Crippen molar-refractivity contribution in [2.24, 2.45) is 5.92 Å². The number of carbonyl (C=O) groups is 1. The Labute approximate surface area is 140 Å². The Morgan fingerprint density at radius 2 is 1.96 bits per heavy atom. The zero-order valence-electron chi connectivity index (χ0n) is 13.7. The molecule has 1 aliphatic rings. The van der Waals surface area contributed by atoms with Crippen LogP contribution in [-0.4, -0.2) is 22.5 Å². The molecule has 0 unspecified atom stereocenters. The molecule has 0 aliphatic heterocycles. The number of nitrogens with zero attached hydrogens (tertiary/aromatic N) is 2. The van der Waals surface area contributed by atoms with Gasteiger partial charge >= 0.3 is 5.97 Å². The van der Waals surface area contributed by atoms with E-state index in [1.807, 2.05) is 38.1 Å². The van der Waals surface area contributed by atoms with Crippen molar-refractivity contribution in [1.29, 1.82) is 0 Å². The van der Waals surface area contributed by atoms with E-state index in [-0.39, 0.29) is 5.97 Å². The number of carbonyl (C=O) groups excluding carboxylic acids is 1. The van der Waals surface area contributed by atoms with Crippen LogP contribution in [0.25, 0.3) is 22.3 Å². The van der Waals surface area contributed by atoms with Crippen molar-refractivity contribution in [1.82, 2.24) is 9.97 Å². The van der Waals surface area contributed by atoms with Crippen LogP contribution in [0.2, 0.25) is 0 Å². The van der Waals surface area contributed by atoms with Gasteiger partial charge in [0.15, 0.2) is 0 Å². The lowest BCUT2D eigenvalue weighted by atomic mass is 10.1. The van der Waals surface area contributed by atoms with E-state index in [0.29, 0.717) is 23.6 Å². The van der Waals surface area contributed by atoms with Gasteiger partial charge in [-0.1, -0.05) is 44.2 Å². The van der Waals surface area contributed by atoms with E-state index < -0.39 is 0 Å². The molecule has 0 saturated heterocycles.